The van der Waals surface area contributed by atoms with Crippen LogP contribution in [-0.4, -0.2) is 33.8 Å². The third kappa shape index (κ3) is 7.70. The van der Waals surface area contributed by atoms with Gasteiger partial charge in [-0.15, -0.1) is 0 Å². The molecule has 0 aliphatic heterocycles. The minimum Gasteiger partial charge on any atom is -0.480 e. The molecule has 0 rings (SSSR count). The van der Waals surface area contributed by atoms with E-state index in [2.05, 4.69) is 12.6 Å². The molecular weight excluding hydrogens is 146 g/mol. The van der Waals surface area contributed by atoms with Crippen LogP contribution in [-0.2, 0) is 4.79 Å². The zero-order chi connectivity index (χ0) is 5.86. The topological polar surface area (TPSA) is 126 Å². The van der Waals surface area contributed by atoms with E-state index in [-0.39, 0.29) is 16.7 Å². The second-order valence-corrected chi connectivity index (χ2v) is 1.49. The lowest BCUT2D eigenvalue weighted by molar-refractivity contribution is -0.137. The minimum atomic E-state index is -1.00. The molecule has 0 saturated carbocycles. The SMILES string of the molecule is N[C@H](CS)C(=O)O.O.O. The summed E-state index contributed by atoms with van der Waals surface area (Å²) >= 11 is 3.65. The van der Waals surface area contributed by atoms with Gasteiger partial charge in [0, 0.05) is 5.75 Å². The maximum absolute atomic E-state index is 9.76. The number of aliphatic carboxylic acids is 1. The van der Waals surface area contributed by atoms with Crippen LogP contribution >= 0.6 is 12.6 Å². The lowest BCUT2D eigenvalue weighted by Gasteiger charge is -1.96. The number of thiol groups is 1. The van der Waals surface area contributed by atoms with E-state index in [0.29, 0.717) is 0 Å². The Morgan fingerprint density at radius 1 is 1.67 bits per heavy atom. The predicted molar refractivity (Wildman–Crippen MR) is 36.7 cm³/mol. The molecular formula is C3H11NO4S. The van der Waals surface area contributed by atoms with Gasteiger partial charge in [0.15, 0.2) is 0 Å². The van der Waals surface area contributed by atoms with Crippen molar-refractivity contribution >= 4 is 18.6 Å². The zero-order valence-electron chi connectivity index (χ0n) is 4.66. The van der Waals surface area contributed by atoms with Gasteiger partial charge in [-0.25, -0.2) is 0 Å². The molecule has 0 aromatic carbocycles. The van der Waals surface area contributed by atoms with E-state index in [1.807, 2.05) is 0 Å². The van der Waals surface area contributed by atoms with Crippen LogP contribution < -0.4 is 5.73 Å². The summed E-state index contributed by atoms with van der Waals surface area (Å²) in [5.74, 6) is -0.815. The molecule has 0 radical (unpaired) electrons. The van der Waals surface area contributed by atoms with Gasteiger partial charge in [-0.2, -0.15) is 12.6 Å². The highest BCUT2D eigenvalue weighted by Gasteiger charge is 2.06. The highest BCUT2D eigenvalue weighted by molar-refractivity contribution is 7.80. The average Bonchev–Trinajstić information content (AvgIpc) is 1.65. The molecule has 0 unspecified atom stereocenters. The Labute approximate surface area is 57.9 Å². The van der Waals surface area contributed by atoms with Crippen LogP contribution in [0.1, 0.15) is 0 Å². The van der Waals surface area contributed by atoms with Gasteiger partial charge in [-0.3, -0.25) is 4.79 Å². The summed E-state index contributed by atoms with van der Waals surface area (Å²) in [6.07, 6.45) is 0. The molecule has 0 spiro atoms. The number of carbonyl (C=O) groups is 1. The largest absolute Gasteiger partial charge is 0.480 e. The number of carboxylic acid groups (broad SMARTS) is 1. The summed E-state index contributed by atoms with van der Waals surface area (Å²) in [7, 11) is 0. The summed E-state index contributed by atoms with van der Waals surface area (Å²) in [6, 6.07) is -0.816. The van der Waals surface area contributed by atoms with Crippen LogP contribution in [0.2, 0.25) is 0 Å². The summed E-state index contributed by atoms with van der Waals surface area (Å²) in [5.41, 5.74) is 4.94. The third-order valence-corrected chi connectivity index (χ3v) is 0.907. The first-order valence-electron chi connectivity index (χ1n) is 1.77. The van der Waals surface area contributed by atoms with Gasteiger partial charge in [0.05, 0.1) is 0 Å². The number of hydrogen-bond donors (Lipinski definition) is 3. The first-order chi connectivity index (χ1) is 3.18. The smallest absolute Gasteiger partial charge is 0.321 e. The van der Waals surface area contributed by atoms with Gasteiger partial charge in [0.2, 0.25) is 0 Å². The van der Waals surface area contributed by atoms with Crippen molar-refractivity contribution in [2.45, 2.75) is 6.04 Å². The van der Waals surface area contributed by atoms with Gasteiger partial charge < -0.3 is 21.8 Å². The Balaban J connectivity index is -0.000000180. The van der Waals surface area contributed by atoms with Crippen molar-refractivity contribution in [1.29, 1.82) is 0 Å². The van der Waals surface area contributed by atoms with Crippen LogP contribution in [0.25, 0.3) is 0 Å². The van der Waals surface area contributed by atoms with E-state index in [9.17, 15) is 4.79 Å². The molecule has 0 fully saturated rings. The van der Waals surface area contributed by atoms with Crippen LogP contribution in [0.5, 0.6) is 0 Å². The van der Waals surface area contributed by atoms with E-state index in [0.717, 1.165) is 0 Å². The molecule has 0 aromatic rings. The predicted octanol–water partition coefficient (Wildman–Crippen LogP) is -2.32. The van der Waals surface area contributed by atoms with Crippen LogP contribution in [0.3, 0.4) is 0 Å². The van der Waals surface area contributed by atoms with Crippen LogP contribution in [0.15, 0.2) is 0 Å². The molecule has 0 bridgehead atoms. The van der Waals surface area contributed by atoms with Crippen LogP contribution in [0, 0.1) is 0 Å². The first kappa shape index (κ1) is 15.9. The van der Waals surface area contributed by atoms with E-state index in [1.54, 1.807) is 0 Å². The van der Waals surface area contributed by atoms with Gasteiger partial charge >= 0.3 is 5.97 Å². The maximum atomic E-state index is 9.76. The highest BCUT2D eigenvalue weighted by atomic mass is 32.1. The first-order valence-corrected chi connectivity index (χ1v) is 2.41. The normalized spacial score (nSPS) is 10.4. The van der Waals surface area contributed by atoms with E-state index < -0.39 is 12.0 Å². The second-order valence-electron chi connectivity index (χ2n) is 1.13. The van der Waals surface area contributed by atoms with Gasteiger partial charge in [0.25, 0.3) is 0 Å². The Morgan fingerprint density at radius 2 is 2.00 bits per heavy atom. The molecule has 0 aliphatic carbocycles. The van der Waals surface area contributed by atoms with Gasteiger partial charge in [-0.05, 0) is 0 Å². The number of carboxylic acids is 1. The molecule has 0 amide bonds. The fourth-order valence-electron chi connectivity index (χ4n) is 0.0781. The summed E-state index contributed by atoms with van der Waals surface area (Å²) in [5, 5.41) is 8.01. The lowest BCUT2D eigenvalue weighted by Crippen LogP contribution is -2.31. The van der Waals surface area contributed by atoms with Crippen molar-refractivity contribution in [3.63, 3.8) is 0 Å². The average molecular weight is 157 g/mol. The van der Waals surface area contributed by atoms with E-state index in [4.69, 9.17) is 10.8 Å². The summed E-state index contributed by atoms with van der Waals surface area (Å²) in [6.45, 7) is 0. The fraction of sp³-hybridized carbons (Fsp3) is 0.667. The summed E-state index contributed by atoms with van der Waals surface area (Å²) in [4.78, 5) is 9.76. The molecule has 0 aliphatic rings. The standard InChI is InChI=1S/C3H7NO2S.2H2O/c4-2(1-7)3(5)6;;/h2,7H,1,4H2,(H,5,6);2*1H2/t2-;;/m1../s1. The number of rotatable bonds is 2. The minimum absolute atomic E-state index is 0. The Hall–Kier alpha value is -0.300. The van der Waals surface area contributed by atoms with Crippen molar-refractivity contribution in [3.05, 3.63) is 0 Å². The quantitative estimate of drug-likeness (QED) is 0.389. The second kappa shape index (κ2) is 7.70. The van der Waals surface area contributed by atoms with Crippen LogP contribution in [0.4, 0.5) is 0 Å². The highest BCUT2D eigenvalue weighted by Crippen LogP contribution is 1.80. The van der Waals surface area contributed by atoms with Gasteiger partial charge in [0.1, 0.15) is 6.04 Å². The number of nitrogens with two attached hydrogens (primary N) is 1. The van der Waals surface area contributed by atoms with Gasteiger partial charge in [-0.1, -0.05) is 0 Å². The molecule has 6 heteroatoms. The summed E-state index contributed by atoms with van der Waals surface area (Å²) < 4.78 is 0. The molecule has 5 nitrogen and oxygen atoms in total. The zero-order valence-corrected chi connectivity index (χ0v) is 5.56. The molecule has 7 N–H and O–H groups in total. The third-order valence-electron chi connectivity index (χ3n) is 0.514. The van der Waals surface area contributed by atoms with Crippen molar-refractivity contribution < 1.29 is 20.9 Å². The monoisotopic (exact) mass is 157 g/mol. The molecule has 0 aromatic heterocycles. The molecule has 0 heterocycles. The fourth-order valence-corrected chi connectivity index (χ4v) is 0.234. The van der Waals surface area contributed by atoms with Crippen molar-refractivity contribution in [3.8, 4) is 0 Å². The Morgan fingerprint density at radius 3 is 2.00 bits per heavy atom. The molecule has 58 valence electrons. The van der Waals surface area contributed by atoms with E-state index >= 15 is 0 Å². The molecule has 0 saturated heterocycles. The van der Waals surface area contributed by atoms with Crippen molar-refractivity contribution in [1.82, 2.24) is 0 Å². The van der Waals surface area contributed by atoms with Crippen molar-refractivity contribution in [2.75, 3.05) is 5.75 Å². The molecule has 9 heavy (non-hydrogen) atoms. The maximum Gasteiger partial charge on any atom is 0.321 e. The number of hydrogen-bond acceptors (Lipinski definition) is 3. The lowest BCUT2D eigenvalue weighted by atomic mass is 10.4. The van der Waals surface area contributed by atoms with E-state index in [1.165, 1.54) is 0 Å². The molecule has 1 atom stereocenters. The van der Waals surface area contributed by atoms with Crippen molar-refractivity contribution in [2.24, 2.45) is 5.73 Å². The Kier molecular flexibility index (Phi) is 13.6. The Bertz CT molecular complexity index is 78.2.